The molecule has 26 heavy (non-hydrogen) atoms. The number of hydrogen-bond acceptors (Lipinski definition) is 2. The van der Waals surface area contributed by atoms with Crippen molar-refractivity contribution in [3.63, 3.8) is 0 Å². The van der Waals surface area contributed by atoms with Crippen molar-refractivity contribution in [2.24, 2.45) is 0 Å². The highest BCUT2D eigenvalue weighted by atomic mass is 19.1. The quantitative estimate of drug-likeness (QED) is 0.624. The van der Waals surface area contributed by atoms with Gasteiger partial charge >= 0.3 is 0 Å². The number of nitrogens with one attached hydrogen (secondary N) is 1. The standard InChI is InChI=1S/C22H21FN2O/c1-3-4-5-8-16-12-13-18(23)15(2)20(16)22(26)25-19-11-6-9-17-10-7-14-24-21(17)19/h4-7,9-14H,3,8H2,1-2H3,(H,25,26)/b5-4+. The fraction of sp³-hybridized carbons (Fsp3) is 0.182. The Morgan fingerprint density at radius 1 is 1.15 bits per heavy atom. The first-order valence-corrected chi connectivity index (χ1v) is 8.70. The van der Waals surface area contributed by atoms with E-state index in [0.717, 1.165) is 17.4 Å². The van der Waals surface area contributed by atoms with E-state index in [1.165, 1.54) is 6.07 Å². The van der Waals surface area contributed by atoms with E-state index >= 15 is 0 Å². The maximum absolute atomic E-state index is 14.1. The van der Waals surface area contributed by atoms with Gasteiger partial charge in [0.25, 0.3) is 5.91 Å². The molecule has 3 rings (SSSR count). The molecule has 3 nitrogen and oxygen atoms in total. The number of halogens is 1. The first-order chi connectivity index (χ1) is 12.6. The van der Waals surface area contributed by atoms with Crippen molar-refractivity contribution < 1.29 is 9.18 Å². The number of hydrogen-bond donors (Lipinski definition) is 1. The van der Waals surface area contributed by atoms with Crippen LogP contribution < -0.4 is 5.32 Å². The van der Waals surface area contributed by atoms with Crippen molar-refractivity contribution in [3.8, 4) is 0 Å². The smallest absolute Gasteiger partial charge is 0.256 e. The number of anilines is 1. The number of amides is 1. The van der Waals surface area contributed by atoms with Gasteiger partial charge in [-0.05, 0) is 49.1 Å². The van der Waals surface area contributed by atoms with Crippen LogP contribution in [0.25, 0.3) is 10.9 Å². The molecule has 0 spiro atoms. The number of carbonyl (C=O) groups is 1. The van der Waals surface area contributed by atoms with Gasteiger partial charge in [-0.1, -0.05) is 43.3 Å². The van der Waals surface area contributed by atoms with Gasteiger partial charge in [0, 0.05) is 17.1 Å². The van der Waals surface area contributed by atoms with Crippen LogP contribution in [0.1, 0.15) is 34.8 Å². The third-order valence-electron chi connectivity index (χ3n) is 4.33. The monoisotopic (exact) mass is 348 g/mol. The van der Waals surface area contributed by atoms with Crippen LogP contribution in [0.15, 0.2) is 60.8 Å². The number of fused-ring (bicyclic) bond motifs is 1. The SMILES string of the molecule is CC/C=C/Cc1ccc(F)c(C)c1C(=O)Nc1cccc2cccnc12. The lowest BCUT2D eigenvalue weighted by Crippen LogP contribution is -2.17. The molecule has 0 aliphatic heterocycles. The van der Waals surface area contributed by atoms with Gasteiger partial charge in [0.2, 0.25) is 0 Å². The number of benzene rings is 2. The number of nitrogens with zero attached hydrogens (tertiary/aromatic N) is 1. The van der Waals surface area contributed by atoms with E-state index in [1.807, 2.05) is 43.3 Å². The summed E-state index contributed by atoms with van der Waals surface area (Å²) in [5.74, 6) is -0.700. The number of allylic oxidation sites excluding steroid dienone is 2. The summed E-state index contributed by atoms with van der Waals surface area (Å²) in [4.78, 5) is 17.3. The Bertz CT molecular complexity index is 974. The van der Waals surface area contributed by atoms with Gasteiger partial charge in [0.1, 0.15) is 5.82 Å². The molecule has 0 aliphatic carbocycles. The fourth-order valence-electron chi connectivity index (χ4n) is 3.00. The highest BCUT2D eigenvalue weighted by Gasteiger charge is 2.18. The normalized spacial score (nSPS) is 11.2. The van der Waals surface area contributed by atoms with Gasteiger partial charge in [0.05, 0.1) is 11.2 Å². The van der Waals surface area contributed by atoms with E-state index in [4.69, 9.17) is 0 Å². The molecule has 1 N–H and O–H groups in total. The Morgan fingerprint density at radius 2 is 1.96 bits per heavy atom. The predicted octanol–water partition coefficient (Wildman–Crippen LogP) is 5.44. The van der Waals surface area contributed by atoms with Crippen LogP contribution in [0.2, 0.25) is 0 Å². The summed E-state index contributed by atoms with van der Waals surface area (Å²) in [6, 6.07) is 12.5. The van der Waals surface area contributed by atoms with Gasteiger partial charge in [-0.25, -0.2) is 4.39 Å². The first-order valence-electron chi connectivity index (χ1n) is 8.70. The molecule has 0 unspecified atom stereocenters. The summed E-state index contributed by atoms with van der Waals surface area (Å²) < 4.78 is 14.1. The van der Waals surface area contributed by atoms with Gasteiger partial charge in [-0.3, -0.25) is 9.78 Å². The molecule has 0 saturated heterocycles. The summed E-state index contributed by atoms with van der Waals surface area (Å²) in [6.07, 6.45) is 7.24. The van der Waals surface area contributed by atoms with E-state index in [1.54, 1.807) is 25.3 Å². The summed E-state index contributed by atoms with van der Waals surface area (Å²) in [5, 5.41) is 3.85. The number of rotatable bonds is 5. The zero-order valence-corrected chi connectivity index (χ0v) is 14.9. The first kappa shape index (κ1) is 17.8. The topological polar surface area (TPSA) is 42.0 Å². The molecule has 0 saturated carbocycles. The van der Waals surface area contributed by atoms with Crippen molar-refractivity contribution >= 4 is 22.5 Å². The van der Waals surface area contributed by atoms with Crippen LogP contribution in [-0.4, -0.2) is 10.9 Å². The van der Waals surface area contributed by atoms with E-state index in [0.29, 0.717) is 28.8 Å². The zero-order chi connectivity index (χ0) is 18.5. The number of pyridine rings is 1. The van der Waals surface area contributed by atoms with Gasteiger partial charge in [-0.15, -0.1) is 0 Å². The predicted molar refractivity (Wildman–Crippen MR) is 104 cm³/mol. The van der Waals surface area contributed by atoms with E-state index < -0.39 is 0 Å². The lowest BCUT2D eigenvalue weighted by Gasteiger charge is -2.14. The van der Waals surface area contributed by atoms with E-state index in [9.17, 15) is 9.18 Å². The second-order valence-electron chi connectivity index (χ2n) is 6.13. The molecule has 2 aromatic carbocycles. The third-order valence-corrected chi connectivity index (χ3v) is 4.33. The molecule has 0 fully saturated rings. The lowest BCUT2D eigenvalue weighted by atomic mass is 9.97. The minimum absolute atomic E-state index is 0.319. The molecule has 1 aromatic heterocycles. The molecule has 1 amide bonds. The molecule has 3 aromatic rings. The Hall–Kier alpha value is -3.01. The minimum Gasteiger partial charge on any atom is -0.320 e. The van der Waals surface area contributed by atoms with E-state index in [2.05, 4.69) is 10.3 Å². The Kier molecular flexibility index (Phi) is 5.42. The van der Waals surface area contributed by atoms with Gasteiger partial charge in [0.15, 0.2) is 0 Å². The van der Waals surface area contributed by atoms with Crippen LogP contribution in [0.5, 0.6) is 0 Å². The van der Waals surface area contributed by atoms with Crippen molar-refractivity contribution in [1.82, 2.24) is 4.98 Å². The molecule has 0 radical (unpaired) electrons. The van der Waals surface area contributed by atoms with Crippen molar-refractivity contribution in [1.29, 1.82) is 0 Å². The van der Waals surface area contributed by atoms with Crippen molar-refractivity contribution in [2.45, 2.75) is 26.7 Å². The second kappa shape index (κ2) is 7.91. The van der Waals surface area contributed by atoms with Crippen LogP contribution in [0, 0.1) is 12.7 Å². The molecule has 0 bridgehead atoms. The highest BCUT2D eigenvalue weighted by molar-refractivity contribution is 6.09. The van der Waals surface area contributed by atoms with Crippen LogP contribution in [0.3, 0.4) is 0 Å². The van der Waals surface area contributed by atoms with Gasteiger partial charge < -0.3 is 5.32 Å². The Morgan fingerprint density at radius 3 is 2.77 bits per heavy atom. The molecule has 0 atom stereocenters. The number of para-hydroxylation sites is 1. The number of aromatic nitrogens is 1. The summed E-state index contributed by atoms with van der Waals surface area (Å²) in [5.41, 5.74) is 2.88. The summed E-state index contributed by atoms with van der Waals surface area (Å²) in [6.45, 7) is 3.69. The molecule has 0 aliphatic rings. The third kappa shape index (κ3) is 3.64. The average molecular weight is 348 g/mol. The molecular weight excluding hydrogens is 327 g/mol. The van der Waals surface area contributed by atoms with Crippen molar-refractivity contribution in [2.75, 3.05) is 5.32 Å². The molecular formula is C22H21FN2O. The van der Waals surface area contributed by atoms with Crippen LogP contribution in [-0.2, 0) is 6.42 Å². The van der Waals surface area contributed by atoms with Gasteiger partial charge in [-0.2, -0.15) is 0 Å². The van der Waals surface area contributed by atoms with Crippen molar-refractivity contribution in [3.05, 3.63) is 83.3 Å². The lowest BCUT2D eigenvalue weighted by molar-refractivity contribution is 0.102. The number of carbonyl (C=O) groups excluding carboxylic acids is 1. The Balaban J connectivity index is 1.99. The molecule has 4 heteroatoms. The fourth-order valence-corrected chi connectivity index (χ4v) is 3.00. The highest BCUT2D eigenvalue weighted by Crippen LogP contribution is 2.24. The maximum atomic E-state index is 14.1. The molecule has 1 heterocycles. The van der Waals surface area contributed by atoms with Crippen LogP contribution >= 0.6 is 0 Å². The Labute approximate surface area is 152 Å². The van der Waals surface area contributed by atoms with E-state index in [-0.39, 0.29) is 11.7 Å². The van der Waals surface area contributed by atoms with Crippen LogP contribution in [0.4, 0.5) is 10.1 Å². The minimum atomic E-state index is -0.380. The average Bonchev–Trinajstić information content (AvgIpc) is 2.65. The molecule has 132 valence electrons. The zero-order valence-electron chi connectivity index (χ0n) is 14.9. The summed E-state index contributed by atoms with van der Waals surface area (Å²) >= 11 is 0. The maximum Gasteiger partial charge on any atom is 0.256 e. The largest absolute Gasteiger partial charge is 0.320 e. The second-order valence-corrected chi connectivity index (χ2v) is 6.13. The summed E-state index contributed by atoms with van der Waals surface area (Å²) in [7, 11) is 0.